The van der Waals surface area contributed by atoms with Crippen molar-refractivity contribution in [2.45, 2.75) is 33.5 Å². The minimum atomic E-state index is -0.804. The van der Waals surface area contributed by atoms with Gasteiger partial charge in [0.2, 0.25) is 11.7 Å². The average molecular weight is 387 g/mol. The van der Waals surface area contributed by atoms with E-state index in [0.29, 0.717) is 6.61 Å². The molecule has 0 aliphatic carbocycles. The van der Waals surface area contributed by atoms with Gasteiger partial charge in [0.25, 0.3) is 0 Å². The maximum absolute atomic E-state index is 14.0. The molecule has 2 rings (SSSR count). The molecule has 1 amide bonds. The molecule has 0 fully saturated rings. The Morgan fingerprint density at radius 2 is 1.75 bits per heavy atom. The lowest BCUT2D eigenvalue weighted by molar-refractivity contribution is -0.114. The van der Waals surface area contributed by atoms with Crippen molar-refractivity contribution in [1.29, 1.82) is 0 Å². The van der Waals surface area contributed by atoms with Crippen molar-refractivity contribution in [2.75, 3.05) is 11.9 Å². The minimum Gasteiger partial charge on any atom is -0.454 e. The Hall–Kier alpha value is -3.06. The van der Waals surface area contributed by atoms with E-state index in [9.17, 15) is 18.8 Å². The van der Waals surface area contributed by atoms with Crippen LogP contribution in [0.3, 0.4) is 0 Å². The number of esters is 1. The van der Waals surface area contributed by atoms with E-state index >= 15 is 0 Å². The smallest absolute Gasteiger partial charge is 0.338 e. The molecular formula is C21H22FNO5. The monoisotopic (exact) mass is 387 g/mol. The maximum atomic E-state index is 14.0. The molecule has 7 heteroatoms. The second kappa shape index (κ2) is 9.75. The van der Waals surface area contributed by atoms with Gasteiger partial charge in [-0.3, -0.25) is 9.59 Å². The Kier molecular flexibility index (Phi) is 7.40. The molecule has 28 heavy (non-hydrogen) atoms. The summed E-state index contributed by atoms with van der Waals surface area (Å²) < 4.78 is 24.5. The highest BCUT2D eigenvalue weighted by atomic mass is 19.1. The van der Waals surface area contributed by atoms with Crippen molar-refractivity contribution in [1.82, 2.24) is 0 Å². The number of rotatable bonds is 8. The summed E-state index contributed by atoms with van der Waals surface area (Å²) in [5, 5.41) is 2.42. The summed E-state index contributed by atoms with van der Waals surface area (Å²) in [6, 6.07) is 10.3. The van der Waals surface area contributed by atoms with Crippen LogP contribution in [0.15, 0.2) is 42.5 Å². The van der Waals surface area contributed by atoms with Gasteiger partial charge in [-0.15, -0.1) is 0 Å². The number of benzene rings is 2. The van der Waals surface area contributed by atoms with Gasteiger partial charge in [0, 0.05) is 12.6 Å². The number of nitrogens with one attached hydrogen (secondary N) is 1. The van der Waals surface area contributed by atoms with E-state index in [1.165, 1.54) is 19.1 Å². The number of Topliss-reactive ketones (excluding diaryl/α,β-unsaturated/α-hetero) is 1. The molecule has 0 heterocycles. The van der Waals surface area contributed by atoms with Gasteiger partial charge in [0.15, 0.2) is 6.61 Å². The fourth-order valence-corrected chi connectivity index (χ4v) is 2.31. The lowest BCUT2D eigenvalue weighted by atomic mass is 10.1. The minimum absolute atomic E-state index is 0.100. The summed E-state index contributed by atoms with van der Waals surface area (Å²) in [5.41, 5.74) is 1.20. The molecule has 1 N–H and O–H groups in total. The first-order valence-corrected chi connectivity index (χ1v) is 8.74. The molecule has 148 valence electrons. The molecule has 0 aromatic heterocycles. The second-order valence-corrected chi connectivity index (χ2v) is 6.43. The van der Waals surface area contributed by atoms with E-state index in [0.717, 1.165) is 11.6 Å². The van der Waals surface area contributed by atoms with Crippen molar-refractivity contribution in [2.24, 2.45) is 0 Å². The third-order valence-electron chi connectivity index (χ3n) is 3.70. The lowest BCUT2D eigenvalue weighted by Crippen LogP contribution is -2.16. The molecule has 0 saturated carbocycles. The van der Waals surface area contributed by atoms with Crippen LogP contribution in [0.5, 0.6) is 0 Å². The Morgan fingerprint density at radius 3 is 2.32 bits per heavy atom. The van der Waals surface area contributed by atoms with Gasteiger partial charge in [-0.05, 0) is 49.7 Å². The molecule has 0 radical (unpaired) electrons. The summed E-state index contributed by atoms with van der Waals surface area (Å²) in [6.45, 7) is 4.99. The normalized spacial score (nSPS) is 10.6. The first kappa shape index (κ1) is 21.2. The molecule has 0 bridgehead atoms. The summed E-state index contributed by atoms with van der Waals surface area (Å²) in [5.74, 6) is -2.52. The number of anilines is 1. The number of carbonyl (C=O) groups is 3. The fraction of sp³-hybridized carbons (Fsp3) is 0.286. The SMILES string of the molecule is CC(=O)Nc1ccc(C(=O)COC(=O)c2ccc(COC(C)C)cc2)c(F)c1. The fourth-order valence-electron chi connectivity index (χ4n) is 2.31. The van der Waals surface area contributed by atoms with Crippen LogP contribution in [0.25, 0.3) is 0 Å². The van der Waals surface area contributed by atoms with Crippen molar-refractivity contribution >= 4 is 23.3 Å². The summed E-state index contributed by atoms with van der Waals surface area (Å²) in [6.07, 6.45) is 0.100. The number of hydrogen-bond donors (Lipinski definition) is 1. The molecule has 6 nitrogen and oxygen atoms in total. The molecule has 2 aromatic rings. The van der Waals surface area contributed by atoms with Gasteiger partial charge >= 0.3 is 5.97 Å². The van der Waals surface area contributed by atoms with Crippen LogP contribution in [0.4, 0.5) is 10.1 Å². The lowest BCUT2D eigenvalue weighted by Gasteiger charge is -2.09. The Labute approximate surface area is 162 Å². The largest absolute Gasteiger partial charge is 0.454 e. The zero-order chi connectivity index (χ0) is 20.7. The highest BCUT2D eigenvalue weighted by Crippen LogP contribution is 2.16. The third-order valence-corrected chi connectivity index (χ3v) is 3.70. The first-order chi connectivity index (χ1) is 13.3. The van der Waals surface area contributed by atoms with E-state index in [2.05, 4.69) is 5.32 Å². The standard InChI is InChI=1S/C21H22FNO5/c1-13(2)27-11-15-4-6-16(7-5-15)21(26)28-12-20(25)18-9-8-17(10-19(18)22)23-14(3)24/h4-10,13H,11-12H2,1-3H3,(H,23,24). The van der Waals surface area contributed by atoms with Crippen molar-refractivity contribution in [3.63, 3.8) is 0 Å². The Bertz CT molecular complexity index is 862. The summed E-state index contributed by atoms with van der Waals surface area (Å²) in [7, 11) is 0. The van der Waals surface area contributed by atoms with Crippen LogP contribution >= 0.6 is 0 Å². The van der Waals surface area contributed by atoms with Gasteiger partial charge in [0.1, 0.15) is 5.82 Å². The highest BCUT2D eigenvalue weighted by molar-refractivity contribution is 6.00. The molecule has 0 aliphatic rings. The number of ketones is 1. The molecule has 0 aliphatic heterocycles. The number of hydrogen-bond acceptors (Lipinski definition) is 5. The Morgan fingerprint density at radius 1 is 1.07 bits per heavy atom. The molecule has 0 atom stereocenters. The third kappa shape index (κ3) is 6.28. The van der Waals surface area contributed by atoms with E-state index in [1.807, 2.05) is 13.8 Å². The van der Waals surface area contributed by atoms with Crippen LogP contribution in [0.2, 0.25) is 0 Å². The molecule has 0 spiro atoms. The van der Waals surface area contributed by atoms with E-state index < -0.39 is 24.2 Å². The molecular weight excluding hydrogens is 365 g/mol. The van der Waals surface area contributed by atoms with Crippen LogP contribution in [0.1, 0.15) is 47.1 Å². The zero-order valence-electron chi connectivity index (χ0n) is 16.0. The average Bonchev–Trinajstić information content (AvgIpc) is 2.64. The number of carbonyl (C=O) groups excluding carboxylic acids is 3. The van der Waals surface area contributed by atoms with Gasteiger partial charge in [0.05, 0.1) is 23.8 Å². The first-order valence-electron chi connectivity index (χ1n) is 8.74. The van der Waals surface area contributed by atoms with Crippen molar-refractivity contribution in [3.8, 4) is 0 Å². The van der Waals surface area contributed by atoms with Crippen molar-refractivity contribution in [3.05, 3.63) is 65.0 Å². The van der Waals surface area contributed by atoms with Crippen molar-refractivity contribution < 1.29 is 28.2 Å². The van der Waals surface area contributed by atoms with E-state index in [-0.39, 0.29) is 28.8 Å². The number of amides is 1. The predicted molar refractivity (Wildman–Crippen MR) is 102 cm³/mol. The maximum Gasteiger partial charge on any atom is 0.338 e. The molecule has 2 aromatic carbocycles. The second-order valence-electron chi connectivity index (χ2n) is 6.43. The van der Waals surface area contributed by atoms with Crippen LogP contribution in [0, 0.1) is 5.82 Å². The highest BCUT2D eigenvalue weighted by Gasteiger charge is 2.16. The molecule has 0 unspecified atom stereocenters. The Balaban J connectivity index is 1.93. The number of halogens is 1. The topological polar surface area (TPSA) is 81.7 Å². The van der Waals surface area contributed by atoms with Crippen LogP contribution in [-0.2, 0) is 20.9 Å². The number of ether oxygens (including phenoxy) is 2. The van der Waals surface area contributed by atoms with Crippen LogP contribution in [-0.4, -0.2) is 30.4 Å². The van der Waals surface area contributed by atoms with Gasteiger partial charge in [-0.25, -0.2) is 9.18 Å². The van der Waals surface area contributed by atoms with Gasteiger partial charge in [-0.2, -0.15) is 0 Å². The predicted octanol–water partition coefficient (Wildman–Crippen LogP) is 3.75. The zero-order valence-corrected chi connectivity index (χ0v) is 16.0. The summed E-state index contributed by atoms with van der Waals surface area (Å²) >= 11 is 0. The summed E-state index contributed by atoms with van der Waals surface area (Å²) in [4.78, 5) is 35.2. The van der Waals surface area contributed by atoms with Crippen LogP contribution < -0.4 is 5.32 Å². The quantitative estimate of drug-likeness (QED) is 0.551. The molecule has 0 saturated heterocycles. The van der Waals surface area contributed by atoms with Gasteiger partial charge < -0.3 is 14.8 Å². The van der Waals surface area contributed by atoms with E-state index in [1.54, 1.807) is 24.3 Å². The van der Waals surface area contributed by atoms with E-state index in [4.69, 9.17) is 9.47 Å². The van der Waals surface area contributed by atoms with Gasteiger partial charge in [-0.1, -0.05) is 12.1 Å².